The summed E-state index contributed by atoms with van der Waals surface area (Å²) >= 11 is 5.65. The molecule has 0 radical (unpaired) electrons. The Morgan fingerprint density at radius 3 is 2.39 bits per heavy atom. The van der Waals surface area contributed by atoms with Gasteiger partial charge in [-0.25, -0.2) is 0 Å². The number of carbonyl (C=O) groups excluding carboxylic acids is 1. The Morgan fingerprint density at radius 2 is 1.94 bits per heavy atom. The predicted molar refractivity (Wildman–Crippen MR) is 68.7 cm³/mol. The van der Waals surface area contributed by atoms with Crippen LogP contribution in [0.2, 0.25) is 0 Å². The second-order valence-electron chi connectivity index (χ2n) is 3.52. The van der Waals surface area contributed by atoms with Crippen LogP contribution in [0.4, 0.5) is 11.4 Å². The number of nitrogens with zero attached hydrogens (tertiary/aromatic N) is 3. The summed E-state index contributed by atoms with van der Waals surface area (Å²) in [5.41, 5.74) is 3.00. The molecular weight excluding hydrogens is 260 g/mol. The fourth-order valence-electron chi connectivity index (χ4n) is 1.00. The van der Waals surface area contributed by atoms with Crippen LogP contribution < -0.4 is 5.43 Å². The lowest BCUT2D eigenvalue weighted by molar-refractivity contribution is -0.384. The van der Waals surface area contributed by atoms with Crippen molar-refractivity contribution in [1.29, 1.82) is 0 Å². The Kier molecular flexibility index (Phi) is 4.61. The standard InChI is InChI=1S/C10H11ClN4O3/c1-14(2)10(16)9(11)13-12-7-3-5-8(6-4-7)15(17)18/h3-6,12H,1-2H3. The van der Waals surface area contributed by atoms with Crippen molar-refractivity contribution in [3.63, 3.8) is 0 Å². The molecule has 96 valence electrons. The number of carbonyl (C=O) groups is 1. The quantitative estimate of drug-likeness (QED) is 0.512. The van der Waals surface area contributed by atoms with E-state index < -0.39 is 10.8 Å². The van der Waals surface area contributed by atoms with Gasteiger partial charge in [0.05, 0.1) is 10.6 Å². The normalized spacial score (nSPS) is 10.9. The van der Waals surface area contributed by atoms with Crippen LogP contribution in [0.15, 0.2) is 29.4 Å². The molecule has 1 aromatic carbocycles. The van der Waals surface area contributed by atoms with E-state index in [0.29, 0.717) is 5.69 Å². The van der Waals surface area contributed by atoms with Gasteiger partial charge in [0.2, 0.25) is 5.17 Å². The lowest BCUT2D eigenvalue weighted by Gasteiger charge is -2.08. The summed E-state index contributed by atoms with van der Waals surface area (Å²) in [7, 11) is 3.10. The lowest BCUT2D eigenvalue weighted by Crippen LogP contribution is -2.27. The largest absolute Gasteiger partial charge is 0.343 e. The molecule has 0 saturated heterocycles. The number of nitro groups is 1. The van der Waals surface area contributed by atoms with Crippen LogP contribution in [0.25, 0.3) is 0 Å². The number of nitro benzene ring substituents is 1. The summed E-state index contributed by atoms with van der Waals surface area (Å²) in [5.74, 6) is -0.439. The Hall–Kier alpha value is -2.15. The predicted octanol–water partition coefficient (Wildman–Crippen LogP) is 1.65. The van der Waals surface area contributed by atoms with Crippen molar-refractivity contribution >= 4 is 34.1 Å². The van der Waals surface area contributed by atoms with E-state index in [1.54, 1.807) is 14.1 Å². The zero-order valence-corrected chi connectivity index (χ0v) is 10.5. The molecule has 0 heterocycles. The zero-order chi connectivity index (χ0) is 13.7. The van der Waals surface area contributed by atoms with Gasteiger partial charge in [-0.3, -0.25) is 20.3 Å². The van der Waals surface area contributed by atoms with Crippen molar-refractivity contribution < 1.29 is 9.72 Å². The summed E-state index contributed by atoms with van der Waals surface area (Å²) in [6, 6.07) is 5.57. The molecule has 0 aliphatic carbocycles. The van der Waals surface area contributed by atoms with Crippen LogP contribution in [0.1, 0.15) is 0 Å². The van der Waals surface area contributed by atoms with E-state index in [-0.39, 0.29) is 10.9 Å². The number of hydrogen-bond acceptors (Lipinski definition) is 5. The van der Waals surface area contributed by atoms with Crippen molar-refractivity contribution in [2.45, 2.75) is 0 Å². The van der Waals surface area contributed by atoms with Gasteiger partial charge >= 0.3 is 0 Å². The van der Waals surface area contributed by atoms with Gasteiger partial charge in [-0.15, -0.1) is 0 Å². The molecule has 0 bridgehead atoms. The zero-order valence-electron chi connectivity index (χ0n) is 9.75. The SMILES string of the molecule is CN(C)C(=O)C(Cl)=NNc1ccc([N+](=O)[O-])cc1. The van der Waals surface area contributed by atoms with E-state index in [2.05, 4.69) is 10.5 Å². The maximum absolute atomic E-state index is 11.3. The first-order valence-electron chi connectivity index (χ1n) is 4.87. The molecule has 8 heteroatoms. The third-order valence-electron chi connectivity index (χ3n) is 1.94. The number of halogens is 1. The summed E-state index contributed by atoms with van der Waals surface area (Å²) in [5, 5.41) is 13.9. The topological polar surface area (TPSA) is 87.8 Å². The number of benzene rings is 1. The van der Waals surface area contributed by atoms with Gasteiger partial charge in [-0.05, 0) is 12.1 Å². The van der Waals surface area contributed by atoms with Crippen molar-refractivity contribution in [3.05, 3.63) is 34.4 Å². The Balaban J connectivity index is 2.71. The van der Waals surface area contributed by atoms with Crippen LogP contribution in [0, 0.1) is 10.1 Å². The van der Waals surface area contributed by atoms with Gasteiger partial charge in [0.15, 0.2) is 0 Å². The summed E-state index contributed by atoms with van der Waals surface area (Å²) in [4.78, 5) is 22.5. The van der Waals surface area contributed by atoms with Gasteiger partial charge < -0.3 is 4.90 Å². The monoisotopic (exact) mass is 270 g/mol. The van der Waals surface area contributed by atoms with E-state index in [1.165, 1.54) is 29.2 Å². The average molecular weight is 271 g/mol. The fourth-order valence-corrected chi connectivity index (χ4v) is 1.21. The summed E-state index contributed by atoms with van der Waals surface area (Å²) in [6.07, 6.45) is 0. The minimum atomic E-state index is -0.504. The van der Waals surface area contributed by atoms with E-state index in [0.717, 1.165) is 0 Å². The maximum Gasteiger partial charge on any atom is 0.285 e. The molecule has 1 amide bonds. The van der Waals surface area contributed by atoms with Gasteiger partial charge in [0.1, 0.15) is 0 Å². The number of hydrogen-bond donors (Lipinski definition) is 1. The molecule has 0 saturated carbocycles. The molecule has 0 atom stereocenters. The maximum atomic E-state index is 11.3. The molecule has 0 aromatic heterocycles. The third kappa shape index (κ3) is 3.70. The van der Waals surface area contributed by atoms with Crippen LogP contribution in [-0.4, -0.2) is 35.0 Å². The third-order valence-corrected chi connectivity index (χ3v) is 2.19. The Labute approximate surface area is 108 Å². The molecule has 0 fully saturated rings. The Bertz CT molecular complexity index is 484. The van der Waals surface area contributed by atoms with Crippen LogP contribution in [0.5, 0.6) is 0 Å². The van der Waals surface area contributed by atoms with Gasteiger partial charge in [-0.1, -0.05) is 11.6 Å². The number of non-ortho nitro benzene ring substituents is 1. The first kappa shape index (κ1) is 13.9. The molecule has 0 unspecified atom stereocenters. The van der Waals surface area contributed by atoms with Crippen LogP contribution in [0.3, 0.4) is 0 Å². The van der Waals surface area contributed by atoms with Crippen molar-refractivity contribution in [3.8, 4) is 0 Å². The number of amides is 1. The minimum absolute atomic E-state index is 0.0278. The van der Waals surface area contributed by atoms with E-state index in [4.69, 9.17) is 11.6 Å². The molecule has 18 heavy (non-hydrogen) atoms. The fraction of sp³-hybridized carbons (Fsp3) is 0.200. The number of hydrazone groups is 1. The van der Waals surface area contributed by atoms with Crippen LogP contribution in [-0.2, 0) is 4.79 Å². The second-order valence-corrected chi connectivity index (χ2v) is 3.88. The van der Waals surface area contributed by atoms with Gasteiger partial charge in [-0.2, -0.15) is 5.10 Å². The van der Waals surface area contributed by atoms with Crippen molar-refractivity contribution in [2.75, 3.05) is 19.5 Å². The molecule has 7 nitrogen and oxygen atoms in total. The van der Waals surface area contributed by atoms with E-state index >= 15 is 0 Å². The smallest absolute Gasteiger partial charge is 0.285 e. The number of nitrogens with one attached hydrogen (secondary N) is 1. The summed E-state index contributed by atoms with van der Waals surface area (Å²) in [6.45, 7) is 0. The molecular formula is C10H11ClN4O3. The Morgan fingerprint density at radius 1 is 1.39 bits per heavy atom. The highest BCUT2D eigenvalue weighted by atomic mass is 35.5. The summed E-state index contributed by atoms with van der Waals surface area (Å²) < 4.78 is 0. The molecule has 0 spiro atoms. The van der Waals surface area contributed by atoms with Crippen LogP contribution >= 0.6 is 11.6 Å². The van der Waals surface area contributed by atoms with Gasteiger partial charge in [0.25, 0.3) is 11.6 Å². The average Bonchev–Trinajstić information content (AvgIpc) is 2.35. The highest BCUT2D eigenvalue weighted by Gasteiger charge is 2.10. The molecule has 1 aromatic rings. The molecule has 0 aliphatic rings. The number of rotatable bonds is 4. The first-order valence-corrected chi connectivity index (χ1v) is 5.25. The van der Waals surface area contributed by atoms with Crippen molar-refractivity contribution in [2.24, 2.45) is 5.10 Å². The van der Waals surface area contributed by atoms with Crippen molar-refractivity contribution in [1.82, 2.24) is 4.90 Å². The second kappa shape index (κ2) is 5.97. The highest BCUT2D eigenvalue weighted by molar-refractivity contribution is 6.82. The highest BCUT2D eigenvalue weighted by Crippen LogP contribution is 2.15. The number of anilines is 1. The van der Waals surface area contributed by atoms with E-state index in [9.17, 15) is 14.9 Å². The molecule has 1 rings (SSSR count). The minimum Gasteiger partial charge on any atom is -0.343 e. The lowest BCUT2D eigenvalue weighted by atomic mass is 10.3. The van der Waals surface area contributed by atoms with Gasteiger partial charge in [0, 0.05) is 26.2 Å². The first-order chi connectivity index (χ1) is 8.41. The molecule has 0 aliphatic heterocycles. The molecule has 1 N–H and O–H groups in total. The van der Waals surface area contributed by atoms with E-state index in [1.807, 2.05) is 0 Å².